The lowest BCUT2D eigenvalue weighted by Gasteiger charge is -2.11. The highest BCUT2D eigenvalue weighted by Crippen LogP contribution is 2.19. The number of sulfonamides is 1. The zero-order valence-corrected chi connectivity index (χ0v) is 13.1. The summed E-state index contributed by atoms with van der Waals surface area (Å²) < 4.78 is 31.8. The maximum atomic E-state index is 12.2. The maximum Gasteiger partial charge on any atom is 0.268 e. The summed E-state index contributed by atoms with van der Waals surface area (Å²) in [6.45, 7) is 2.12. The number of nitrogens with zero attached hydrogens (tertiary/aromatic N) is 1. The number of nitrogens with one attached hydrogen (secondary N) is 1. The molecule has 0 atom stereocenters. The minimum Gasteiger partial charge on any atom is -0.493 e. The largest absolute Gasteiger partial charge is 0.493 e. The molecule has 2 aromatic rings. The van der Waals surface area contributed by atoms with Crippen molar-refractivity contribution in [3.8, 4) is 11.8 Å². The molecule has 7 heteroatoms. The second kappa shape index (κ2) is 6.94. The minimum absolute atomic E-state index is 0.0984. The van der Waals surface area contributed by atoms with Gasteiger partial charge in [0.05, 0.1) is 28.7 Å². The summed E-state index contributed by atoms with van der Waals surface area (Å²) in [4.78, 5) is 12.1. The second-order valence-corrected chi connectivity index (χ2v) is 6.18. The number of amides is 1. The van der Waals surface area contributed by atoms with Gasteiger partial charge in [-0.2, -0.15) is 5.26 Å². The number of nitriles is 1. The van der Waals surface area contributed by atoms with E-state index < -0.39 is 15.9 Å². The first-order chi connectivity index (χ1) is 11.0. The lowest BCUT2D eigenvalue weighted by molar-refractivity contribution is 0.0977. The highest BCUT2D eigenvalue weighted by atomic mass is 32.2. The molecule has 0 heterocycles. The van der Waals surface area contributed by atoms with Crippen LogP contribution >= 0.6 is 0 Å². The van der Waals surface area contributed by atoms with Crippen molar-refractivity contribution in [2.75, 3.05) is 6.61 Å². The Morgan fingerprint density at radius 3 is 2.43 bits per heavy atom. The lowest BCUT2D eigenvalue weighted by Crippen LogP contribution is -2.30. The van der Waals surface area contributed by atoms with Crippen LogP contribution in [0.1, 0.15) is 22.8 Å². The molecule has 1 N–H and O–H groups in total. The molecule has 6 nitrogen and oxygen atoms in total. The van der Waals surface area contributed by atoms with Gasteiger partial charge in [0.1, 0.15) is 5.75 Å². The summed E-state index contributed by atoms with van der Waals surface area (Å²) >= 11 is 0. The van der Waals surface area contributed by atoms with E-state index in [1.54, 1.807) is 25.1 Å². The van der Waals surface area contributed by atoms with E-state index in [1.165, 1.54) is 30.3 Å². The van der Waals surface area contributed by atoms with Crippen LogP contribution in [-0.2, 0) is 10.0 Å². The van der Waals surface area contributed by atoms with E-state index in [2.05, 4.69) is 0 Å². The van der Waals surface area contributed by atoms with Gasteiger partial charge in [-0.15, -0.1) is 0 Å². The van der Waals surface area contributed by atoms with E-state index >= 15 is 0 Å². The van der Waals surface area contributed by atoms with Gasteiger partial charge in [0.25, 0.3) is 15.9 Å². The van der Waals surface area contributed by atoms with E-state index in [9.17, 15) is 13.2 Å². The monoisotopic (exact) mass is 330 g/mol. The van der Waals surface area contributed by atoms with Crippen LogP contribution in [-0.4, -0.2) is 20.9 Å². The Bertz CT molecular complexity index is 852. The molecular weight excluding hydrogens is 316 g/mol. The number of rotatable bonds is 5. The Kier molecular flexibility index (Phi) is 4.98. The molecule has 2 aromatic carbocycles. The number of benzene rings is 2. The molecule has 0 bridgehead atoms. The van der Waals surface area contributed by atoms with Gasteiger partial charge in [-0.3, -0.25) is 4.79 Å². The van der Waals surface area contributed by atoms with E-state index in [0.29, 0.717) is 17.9 Å². The van der Waals surface area contributed by atoms with Crippen LogP contribution in [0.5, 0.6) is 5.75 Å². The molecular formula is C16H14N2O4S. The Labute approximate surface area is 134 Å². The van der Waals surface area contributed by atoms with Gasteiger partial charge < -0.3 is 4.74 Å². The van der Waals surface area contributed by atoms with Crippen molar-refractivity contribution in [1.29, 1.82) is 5.26 Å². The molecule has 0 saturated heterocycles. The minimum atomic E-state index is -4.03. The van der Waals surface area contributed by atoms with E-state index in [1.807, 2.05) is 10.8 Å². The third-order valence-corrected chi connectivity index (χ3v) is 4.30. The zero-order chi connectivity index (χ0) is 16.9. The van der Waals surface area contributed by atoms with Crippen LogP contribution in [0, 0.1) is 11.3 Å². The Hall–Kier alpha value is -2.85. The topological polar surface area (TPSA) is 96.3 Å². The van der Waals surface area contributed by atoms with Crippen molar-refractivity contribution in [2.24, 2.45) is 0 Å². The molecule has 1 amide bonds. The highest BCUT2D eigenvalue weighted by molar-refractivity contribution is 7.90. The highest BCUT2D eigenvalue weighted by Gasteiger charge is 2.20. The number of hydrogen-bond donors (Lipinski definition) is 1. The molecule has 0 aliphatic rings. The molecule has 118 valence electrons. The predicted octanol–water partition coefficient (Wildman–Crippen LogP) is 2.08. The fraction of sp³-hybridized carbons (Fsp3) is 0.125. The lowest BCUT2D eigenvalue weighted by atomic mass is 10.2. The number of carbonyl (C=O) groups excluding carboxylic acids is 1. The number of ether oxygens (including phenoxy) is 1. The molecule has 2 rings (SSSR count). The molecule has 0 fully saturated rings. The maximum absolute atomic E-state index is 12.2. The number of hydrogen-bond acceptors (Lipinski definition) is 5. The van der Waals surface area contributed by atoms with Gasteiger partial charge >= 0.3 is 0 Å². The Morgan fingerprint density at radius 2 is 1.83 bits per heavy atom. The van der Waals surface area contributed by atoms with E-state index in [4.69, 9.17) is 10.00 Å². The molecule has 23 heavy (non-hydrogen) atoms. The van der Waals surface area contributed by atoms with Crippen molar-refractivity contribution < 1.29 is 17.9 Å². The molecule has 0 spiro atoms. The quantitative estimate of drug-likeness (QED) is 0.905. The van der Waals surface area contributed by atoms with Crippen molar-refractivity contribution in [3.05, 3.63) is 59.7 Å². The molecule has 0 aromatic heterocycles. The van der Waals surface area contributed by atoms with Gasteiger partial charge in [0.15, 0.2) is 0 Å². The predicted molar refractivity (Wildman–Crippen MR) is 83.4 cm³/mol. The van der Waals surface area contributed by atoms with Crippen molar-refractivity contribution >= 4 is 15.9 Å². The summed E-state index contributed by atoms with van der Waals surface area (Å²) in [5.74, 6) is -0.471. The third kappa shape index (κ3) is 3.87. The zero-order valence-electron chi connectivity index (χ0n) is 12.3. The van der Waals surface area contributed by atoms with Crippen LogP contribution in [0.15, 0.2) is 53.4 Å². The summed E-state index contributed by atoms with van der Waals surface area (Å²) in [7, 11) is -4.03. The van der Waals surface area contributed by atoms with Crippen molar-refractivity contribution in [3.63, 3.8) is 0 Å². The van der Waals surface area contributed by atoms with Crippen LogP contribution in [0.2, 0.25) is 0 Å². The number of para-hydroxylation sites is 1. The van der Waals surface area contributed by atoms with E-state index in [-0.39, 0.29) is 10.5 Å². The van der Waals surface area contributed by atoms with Crippen LogP contribution in [0.3, 0.4) is 0 Å². The number of carbonyl (C=O) groups is 1. The second-order valence-electron chi connectivity index (χ2n) is 4.50. The Morgan fingerprint density at radius 1 is 1.17 bits per heavy atom. The summed E-state index contributed by atoms with van der Waals surface area (Å²) in [6.07, 6.45) is 0. The molecule has 0 saturated carbocycles. The molecule has 0 aliphatic heterocycles. The van der Waals surface area contributed by atoms with Gasteiger partial charge in [-0.1, -0.05) is 12.1 Å². The average Bonchev–Trinajstić information content (AvgIpc) is 2.55. The van der Waals surface area contributed by atoms with Gasteiger partial charge in [0, 0.05) is 0 Å². The first-order valence-corrected chi connectivity index (χ1v) is 8.25. The van der Waals surface area contributed by atoms with Gasteiger partial charge in [0.2, 0.25) is 0 Å². The van der Waals surface area contributed by atoms with Gasteiger partial charge in [-0.05, 0) is 43.3 Å². The van der Waals surface area contributed by atoms with Crippen LogP contribution in [0.25, 0.3) is 0 Å². The standard InChI is InChI=1S/C16H14N2O4S/c1-2-22-15-6-4-3-5-14(15)16(19)18-23(20,21)13-9-7-12(11-17)8-10-13/h3-10H,2H2,1H3,(H,18,19). The van der Waals surface area contributed by atoms with E-state index in [0.717, 1.165) is 0 Å². The summed E-state index contributed by atoms with van der Waals surface area (Å²) in [5.41, 5.74) is 0.462. The molecule has 0 unspecified atom stereocenters. The Balaban J connectivity index is 2.26. The normalized spacial score (nSPS) is 10.6. The van der Waals surface area contributed by atoms with Crippen LogP contribution in [0.4, 0.5) is 0 Å². The SMILES string of the molecule is CCOc1ccccc1C(=O)NS(=O)(=O)c1ccc(C#N)cc1. The first-order valence-electron chi connectivity index (χ1n) is 6.77. The van der Waals surface area contributed by atoms with Gasteiger partial charge in [-0.25, -0.2) is 13.1 Å². The van der Waals surface area contributed by atoms with Crippen LogP contribution < -0.4 is 9.46 Å². The fourth-order valence-electron chi connectivity index (χ4n) is 1.88. The summed E-state index contributed by atoms with van der Waals surface area (Å²) in [6, 6.07) is 13.5. The fourth-order valence-corrected chi connectivity index (χ4v) is 2.85. The molecule has 0 radical (unpaired) electrons. The smallest absolute Gasteiger partial charge is 0.268 e. The summed E-state index contributed by atoms with van der Waals surface area (Å²) in [5, 5.41) is 8.72. The average molecular weight is 330 g/mol. The third-order valence-electron chi connectivity index (χ3n) is 2.95. The first kappa shape index (κ1) is 16.5. The van der Waals surface area contributed by atoms with Crippen molar-refractivity contribution in [2.45, 2.75) is 11.8 Å². The molecule has 0 aliphatic carbocycles. The van der Waals surface area contributed by atoms with Crippen molar-refractivity contribution in [1.82, 2.24) is 4.72 Å².